The van der Waals surface area contributed by atoms with E-state index < -0.39 is 11.6 Å². The van der Waals surface area contributed by atoms with Gasteiger partial charge in [-0.1, -0.05) is 95.6 Å². The van der Waals surface area contributed by atoms with Gasteiger partial charge in [-0.15, -0.1) is 0 Å². The molecule has 0 aliphatic rings. The quantitative estimate of drug-likeness (QED) is 0.121. The van der Waals surface area contributed by atoms with Crippen LogP contribution in [0.3, 0.4) is 0 Å². The van der Waals surface area contributed by atoms with Crippen molar-refractivity contribution in [2.24, 2.45) is 0 Å². The Morgan fingerprint density at radius 3 is 1.29 bits per heavy atom. The van der Waals surface area contributed by atoms with Gasteiger partial charge >= 0.3 is 0 Å². The molecular weight excluding hydrogens is 693 g/mol. The molecule has 232 valence electrons. The van der Waals surface area contributed by atoms with Gasteiger partial charge in [0.2, 0.25) is 11.6 Å². The lowest BCUT2D eigenvalue weighted by Crippen LogP contribution is -2.03. The van der Waals surface area contributed by atoms with Crippen LogP contribution >= 0.6 is 69.6 Å². The first-order chi connectivity index (χ1) is 21.4. The Hall–Kier alpha value is -2.76. The second-order valence-electron chi connectivity index (χ2n) is 10.3. The van der Waals surface area contributed by atoms with Gasteiger partial charge in [-0.05, 0) is 121 Å². The molecule has 0 unspecified atom stereocenters. The minimum absolute atomic E-state index is 0.0901. The number of benzene rings is 4. The van der Waals surface area contributed by atoms with Gasteiger partial charge in [0.25, 0.3) is 0 Å². The van der Waals surface area contributed by atoms with E-state index in [4.69, 9.17) is 74.3 Å². The van der Waals surface area contributed by atoms with E-state index in [9.17, 15) is 9.59 Å². The third-order valence-electron chi connectivity index (χ3n) is 7.25. The standard InChI is InChI=1S/C36H28Cl6O3/c1-5-21-17-25(37)9-11-27(21)31(39)33(41)35(43)23-7-13-29(19(3)15-23)45-30-14-8-24(16-20(30)4)36(44)34(42)32(40)28-12-10-26(38)18-22(28)6-2/h7-18H,5-6H2,1-4H3/b33-31+,34-32+. The van der Waals surface area contributed by atoms with Crippen LogP contribution in [0, 0.1) is 13.8 Å². The topological polar surface area (TPSA) is 43.4 Å². The fourth-order valence-electron chi connectivity index (χ4n) is 4.76. The number of aryl methyl sites for hydroxylation is 4. The van der Waals surface area contributed by atoms with Crippen LogP contribution in [0.4, 0.5) is 0 Å². The molecule has 9 heteroatoms. The molecule has 0 fully saturated rings. The van der Waals surface area contributed by atoms with Crippen LogP contribution in [0.15, 0.2) is 82.9 Å². The van der Waals surface area contributed by atoms with Crippen LogP contribution in [0.1, 0.15) is 67.9 Å². The lowest BCUT2D eigenvalue weighted by Gasteiger charge is -2.14. The largest absolute Gasteiger partial charge is 0.457 e. The van der Waals surface area contributed by atoms with Gasteiger partial charge in [0.1, 0.15) is 21.6 Å². The molecule has 0 saturated heterocycles. The van der Waals surface area contributed by atoms with Crippen molar-refractivity contribution in [1.82, 2.24) is 0 Å². The second kappa shape index (κ2) is 15.2. The zero-order valence-electron chi connectivity index (χ0n) is 24.8. The molecule has 0 bridgehead atoms. The Kier molecular flexibility index (Phi) is 11.9. The van der Waals surface area contributed by atoms with Crippen LogP contribution in [-0.4, -0.2) is 11.6 Å². The zero-order chi connectivity index (χ0) is 33.0. The number of hydrogen-bond donors (Lipinski definition) is 0. The van der Waals surface area contributed by atoms with Crippen LogP contribution in [0.5, 0.6) is 11.5 Å². The first-order valence-corrected chi connectivity index (χ1v) is 16.3. The van der Waals surface area contributed by atoms with Gasteiger partial charge in [-0.3, -0.25) is 9.59 Å². The SMILES string of the molecule is CCc1cc(Cl)ccc1/C(Cl)=C(\Cl)C(=O)c1ccc(Oc2ccc(C(=O)/C(Cl)=C(\Cl)c3ccc(Cl)cc3CC)cc2C)c(C)c1. The fourth-order valence-corrected chi connectivity index (χ4v) is 6.11. The molecule has 0 amide bonds. The van der Waals surface area contributed by atoms with Gasteiger partial charge in [0, 0.05) is 21.2 Å². The third-order valence-corrected chi connectivity index (χ3v) is 9.42. The number of halogens is 6. The molecule has 0 aliphatic heterocycles. The lowest BCUT2D eigenvalue weighted by molar-refractivity contribution is 0.103. The maximum atomic E-state index is 13.2. The van der Waals surface area contributed by atoms with Crippen LogP contribution in [0.2, 0.25) is 10.0 Å². The highest BCUT2D eigenvalue weighted by atomic mass is 35.5. The molecule has 0 aromatic heterocycles. The minimum Gasteiger partial charge on any atom is -0.457 e. The van der Waals surface area contributed by atoms with E-state index in [1.165, 1.54) is 0 Å². The first-order valence-electron chi connectivity index (χ1n) is 14.0. The number of carbonyl (C=O) groups excluding carboxylic acids is 2. The van der Waals surface area contributed by atoms with E-state index in [-0.39, 0.29) is 20.1 Å². The van der Waals surface area contributed by atoms with Crippen LogP contribution in [-0.2, 0) is 12.8 Å². The Morgan fingerprint density at radius 1 is 0.578 bits per heavy atom. The van der Waals surface area contributed by atoms with Gasteiger partial charge in [-0.25, -0.2) is 0 Å². The summed E-state index contributed by atoms with van der Waals surface area (Å²) in [5, 5.41) is 1.30. The maximum absolute atomic E-state index is 13.2. The Balaban J connectivity index is 1.55. The van der Waals surface area contributed by atoms with E-state index in [0.29, 0.717) is 67.8 Å². The highest BCUT2D eigenvalue weighted by Crippen LogP contribution is 2.36. The molecular formula is C36H28Cl6O3. The maximum Gasteiger partial charge on any atom is 0.205 e. The summed E-state index contributed by atoms with van der Waals surface area (Å²) in [6.45, 7) is 7.58. The van der Waals surface area contributed by atoms with Crippen LogP contribution in [0.25, 0.3) is 10.1 Å². The number of ketones is 2. The average molecular weight is 721 g/mol. The number of rotatable bonds is 10. The summed E-state index contributed by atoms with van der Waals surface area (Å²) in [6.07, 6.45) is 1.34. The molecule has 4 aromatic rings. The van der Waals surface area contributed by atoms with Crippen molar-refractivity contribution < 1.29 is 14.3 Å². The van der Waals surface area contributed by atoms with Gasteiger partial charge in [-0.2, -0.15) is 0 Å². The van der Waals surface area contributed by atoms with Gasteiger partial charge < -0.3 is 4.74 Å². The molecule has 45 heavy (non-hydrogen) atoms. The molecule has 4 aromatic carbocycles. The Morgan fingerprint density at radius 2 is 0.956 bits per heavy atom. The summed E-state index contributed by atoms with van der Waals surface area (Å²) in [5.41, 5.74) is 5.21. The number of Topliss-reactive ketones (excluding diaryl/α,β-unsaturated/α-hetero) is 2. The highest BCUT2D eigenvalue weighted by molar-refractivity contribution is 6.61. The molecule has 3 nitrogen and oxygen atoms in total. The number of carbonyl (C=O) groups is 2. The van der Waals surface area contributed by atoms with Crippen molar-refractivity contribution in [1.29, 1.82) is 0 Å². The van der Waals surface area contributed by atoms with Gasteiger partial charge in [0.15, 0.2) is 0 Å². The van der Waals surface area contributed by atoms with E-state index in [1.54, 1.807) is 72.8 Å². The predicted octanol–water partition coefficient (Wildman–Crippen LogP) is 12.6. The van der Waals surface area contributed by atoms with Crippen molar-refractivity contribution in [2.45, 2.75) is 40.5 Å². The molecule has 0 spiro atoms. The molecule has 0 atom stereocenters. The highest BCUT2D eigenvalue weighted by Gasteiger charge is 2.21. The van der Waals surface area contributed by atoms with Crippen molar-refractivity contribution in [3.05, 3.63) is 137 Å². The second-order valence-corrected chi connectivity index (χ2v) is 12.7. The fraction of sp³-hybridized carbons (Fsp3) is 0.167. The minimum atomic E-state index is -0.416. The smallest absolute Gasteiger partial charge is 0.205 e. The normalized spacial score (nSPS) is 12.4. The Labute approximate surface area is 293 Å². The molecule has 0 radical (unpaired) electrons. The van der Waals surface area contributed by atoms with E-state index >= 15 is 0 Å². The number of allylic oxidation sites excluding steroid dienone is 2. The van der Waals surface area contributed by atoms with Crippen molar-refractivity contribution >= 4 is 91.2 Å². The molecule has 0 saturated carbocycles. The molecule has 0 aliphatic carbocycles. The van der Waals surface area contributed by atoms with Crippen molar-refractivity contribution in [3.8, 4) is 11.5 Å². The molecule has 4 rings (SSSR count). The van der Waals surface area contributed by atoms with E-state index in [2.05, 4.69) is 0 Å². The number of ether oxygens (including phenoxy) is 1. The summed E-state index contributed by atoms with van der Waals surface area (Å²) >= 11 is 38.3. The third kappa shape index (κ3) is 7.97. The lowest BCUT2D eigenvalue weighted by atomic mass is 10.0. The van der Waals surface area contributed by atoms with Crippen molar-refractivity contribution in [3.63, 3.8) is 0 Å². The molecule has 0 N–H and O–H groups in total. The molecule has 0 heterocycles. The van der Waals surface area contributed by atoms with Crippen molar-refractivity contribution in [2.75, 3.05) is 0 Å². The van der Waals surface area contributed by atoms with E-state index in [1.807, 2.05) is 27.7 Å². The summed E-state index contributed by atoms with van der Waals surface area (Å²) in [5.74, 6) is 0.227. The van der Waals surface area contributed by atoms with E-state index in [0.717, 1.165) is 11.1 Å². The summed E-state index contributed by atoms with van der Waals surface area (Å²) in [6, 6.07) is 20.5. The van der Waals surface area contributed by atoms with Gasteiger partial charge in [0.05, 0.1) is 10.1 Å². The summed E-state index contributed by atoms with van der Waals surface area (Å²) in [7, 11) is 0. The summed E-state index contributed by atoms with van der Waals surface area (Å²) in [4.78, 5) is 26.5. The number of hydrogen-bond acceptors (Lipinski definition) is 3. The summed E-state index contributed by atoms with van der Waals surface area (Å²) < 4.78 is 6.16. The predicted molar refractivity (Wildman–Crippen MR) is 190 cm³/mol. The Bertz CT molecular complexity index is 1740. The monoisotopic (exact) mass is 718 g/mol. The zero-order valence-corrected chi connectivity index (χ0v) is 29.4. The first kappa shape index (κ1) is 35.1. The average Bonchev–Trinajstić information content (AvgIpc) is 3.04. The van der Waals surface area contributed by atoms with Crippen LogP contribution < -0.4 is 4.74 Å².